The van der Waals surface area contributed by atoms with Gasteiger partial charge in [0.05, 0.1) is 18.8 Å². The molecule has 1 fully saturated rings. The van der Waals surface area contributed by atoms with E-state index in [0.29, 0.717) is 11.0 Å². The van der Waals surface area contributed by atoms with E-state index in [1.807, 2.05) is 68.1 Å². The minimum Gasteiger partial charge on any atom is -0.497 e. The first-order valence-electron chi connectivity index (χ1n) is 10.5. The van der Waals surface area contributed by atoms with E-state index in [4.69, 9.17) is 15.1 Å². The molecule has 1 amide bonds. The van der Waals surface area contributed by atoms with Crippen molar-refractivity contribution >= 4 is 40.0 Å². The average molecular weight is 453 g/mol. The number of carbonyl (C=O) groups is 1. The summed E-state index contributed by atoms with van der Waals surface area (Å²) in [5.41, 5.74) is 10.2. The first kappa shape index (κ1) is 22.3. The molecule has 8 nitrogen and oxygen atoms in total. The Balaban J connectivity index is 1.53. The number of methoxy groups -OCH3 is 1. The van der Waals surface area contributed by atoms with Crippen LogP contribution in [0.4, 0.5) is 11.4 Å². The summed E-state index contributed by atoms with van der Waals surface area (Å²) in [4.78, 5) is 19.3. The highest BCUT2D eigenvalue weighted by atomic mass is 32.2. The molecule has 32 heavy (non-hydrogen) atoms. The van der Waals surface area contributed by atoms with Crippen molar-refractivity contribution in [2.24, 2.45) is 10.9 Å². The van der Waals surface area contributed by atoms with E-state index in [2.05, 4.69) is 16.2 Å². The van der Waals surface area contributed by atoms with Gasteiger partial charge in [0.15, 0.2) is 5.17 Å². The second kappa shape index (κ2) is 9.32. The number of carbonyl (C=O) groups excluding carboxylic acids is 1. The van der Waals surface area contributed by atoms with Crippen molar-refractivity contribution in [3.05, 3.63) is 53.6 Å². The number of aryl methyl sites for hydroxylation is 2. The van der Waals surface area contributed by atoms with Gasteiger partial charge in [-0.05, 0) is 68.3 Å². The van der Waals surface area contributed by atoms with Crippen LogP contribution >= 0.6 is 11.8 Å². The maximum atomic E-state index is 12.6. The normalized spacial score (nSPS) is 22.4. The second-order valence-electron chi connectivity index (χ2n) is 8.01. The molecular formula is C23H28N6O2S. The van der Waals surface area contributed by atoms with Crippen LogP contribution in [0.2, 0.25) is 0 Å². The minimum absolute atomic E-state index is 0.0663. The first-order valence-corrected chi connectivity index (χ1v) is 11.5. The first-order chi connectivity index (χ1) is 15.4. The van der Waals surface area contributed by atoms with E-state index in [9.17, 15) is 4.79 Å². The third-order valence-electron chi connectivity index (χ3n) is 5.79. The Morgan fingerprint density at radius 1 is 1.19 bits per heavy atom. The van der Waals surface area contributed by atoms with E-state index in [0.717, 1.165) is 22.7 Å². The van der Waals surface area contributed by atoms with Crippen molar-refractivity contribution in [1.29, 1.82) is 5.41 Å². The summed E-state index contributed by atoms with van der Waals surface area (Å²) in [5, 5.41) is 12.5. The Hall–Kier alpha value is -2.88. The third kappa shape index (κ3) is 4.50. The molecular weight excluding hydrogens is 424 g/mol. The lowest BCUT2D eigenvalue weighted by Gasteiger charge is -2.35. The molecule has 1 saturated heterocycles. The number of anilines is 2. The lowest BCUT2D eigenvalue weighted by atomic mass is 9.97. The Labute approximate surface area is 192 Å². The third-order valence-corrected chi connectivity index (χ3v) is 6.74. The molecule has 0 spiro atoms. The number of aliphatic imine (C=N–C) groups is 1. The number of hydrazine groups is 1. The predicted molar refractivity (Wildman–Crippen MR) is 131 cm³/mol. The molecule has 4 N–H and O–H groups in total. The van der Waals surface area contributed by atoms with Gasteiger partial charge in [-0.25, -0.2) is 10.4 Å². The van der Waals surface area contributed by atoms with Crippen LogP contribution < -0.4 is 25.8 Å². The van der Waals surface area contributed by atoms with Gasteiger partial charge in [0.25, 0.3) is 0 Å². The van der Waals surface area contributed by atoms with Crippen LogP contribution in [-0.4, -0.2) is 42.0 Å². The number of fused-ring (bicyclic) bond motifs is 1. The van der Waals surface area contributed by atoms with Crippen molar-refractivity contribution in [2.75, 3.05) is 23.1 Å². The molecule has 2 aliphatic rings. The molecule has 2 aliphatic heterocycles. The molecule has 2 aromatic rings. The lowest BCUT2D eigenvalue weighted by Crippen LogP contribution is -2.50. The molecule has 2 aromatic carbocycles. The van der Waals surface area contributed by atoms with Crippen molar-refractivity contribution in [2.45, 2.75) is 33.0 Å². The van der Waals surface area contributed by atoms with E-state index < -0.39 is 0 Å². The van der Waals surface area contributed by atoms with Crippen molar-refractivity contribution < 1.29 is 9.53 Å². The molecule has 4 rings (SSSR count). The van der Waals surface area contributed by atoms with Crippen LogP contribution in [-0.2, 0) is 4.79 Å². The largest absolute Gasteiger partial charge is 0.497 e. The summed E-state index contributed by atoms with van der Waals surface area (Å²) in [6.45, 7) is 6.10. The summed E-state index contributed by atoms with van der Waals surface area (Å²) < 4.78 is 5.27. The van der Waals surface area contributed by atoms with Crippen LogP contribution in [0.1, 0.15) is 18.1 Å². The predicted octanol–water partition coefficient (Wildman–Crippen LogP) is 3.28. The molecule has 0 aromatic heterocycles. The number of nitrogens with zero attached hydrogens (tertiary/aromatic N) is 2. The fraction of sp³-hybridized carbons (Fsp3) is 0.348. The molecule has 3 unspecified atom stereocenters. The summed E-state index contributed by atoms with van der Waals surface area (Å²) in [6, 6.07) is 13.5. The van der Waals surface area contributed by atoms with Crippen LogP contribution in [0.3, 0.4) is 0 Å². The summed E-state index contributed by atoms with van der Waals surface area (Å²) in [5.74, 6) is 1.15. The Morgan fingerprint density at radius 2 is 1.94 bits per heavy atom. The minimum atomic E-state index is -0.239. The number of hydrogen-bond acceptors (Lipinski definition) is 7. The van der Waals surface area contributed by atoms with E-state index in [-0.39, 0.29) is 29.8 Å². The van der Waals surface area contributed by atoms with Gasteiger partial charge in [0.2, 0.25) is 5.91 Å². The number of nitrogens with one attached hydrogen (secondary N) is 4. The molecule has 9 heteroatoms. The van der Waals surface area contributed by atoms with Gasteiger partial charge < -0.3 is 10.1 Å². The highest BCUT2D eigenvalue weighted by Gasteiger charge is 2.43. The van der Waals surface area contributed by atoms with Crippen molar-refractivity contribution in [1.82, 2.24) is 10.9 Å². The van der Waals surface area contributed by atoms with Crippen molar-refractivity contribution in [3.8, 4) is 5.75 Å². The average Bonchev–Trinajstić information content (AvgIpc) is 3.16. The van der Waals surface area contributed by atoms with Crippen LogP contribution in [0.25, 0.3) is 0 Å². The molecule has 3 atom stereocenters. The summed E-state index contributed by atoms with van der Waals surface area (Å²) >= 11 is 1.32. The van der Waals surface area contributed by atoms with E-state index in [1.165, 1.54) is 17.3 Å². The maximum Gasteiger partial charge on any atom is 0.234 e. The highest BCUT2D eigenvalue weighted by Crippen LogP contribution is 2.32. The standard InChI is InChI=1S/C23H28N6O2S/c1-13-5-6-16(11-14(13)2)25-19(30)12-32-23-26-22-20(15(3)27-28-22)21(24)29(23)17-7-9-18(31-4)10-8-17/h5-11,15,20,22,24,27-28H,12H2,1-4H3,(H,25,30). The summed E-state index contributed by atoms with van der Waals surface area (Å²) in [6.07, 6.45) is -0.239. The molecule has 2 heterocycles. The van der Waals surface area contributed by atoms with Gasteiger partial charge in [-0.2, -0.15) is 0 Å². The smallest absolute Gasteiger partial charge is 0.234 e. The van der Waals surface area contributed by atoms with Gasteiger partial charge in [0.1, 0.15) is 17.8 Å². The topological polar surface area (TPSA) is 102 Å². The Kier molecular flexibility index (Phi) is 6.50. The monoisotopic (exact) mass is 452 g/mol. The van der Waals surface area contributed by atoms with Gasteiger partial charge in [0, 0.05) is 17.4 Å². The van der Waals surface area contributed by atoms with Crippen LogP contribution in [0.15, 0.2) is 47.5 Å². The zero-order chi connectivity index (χ0) is 22.8. The molecule has 0 saturated carbocycles. The van der Waals surface area contributed by atoms with Crippen LogP contribution in [0.5, 0.6) is 5.75 Å². The molecule has 168 valence electrons. The number of amidine groups is 2. The van der Waals surface area contributed by atoms with Gasteiger partial charge in [-0.3, -0.25) is 20.5 Å². The SMILES string of the molecule is COc1ccc(N2C(=N)C3C(C)NNC3N=C2SCC(=O)Nc2ccc(C)c(C)c2)cc1. The zero-order valence-corrected chi connectivity index (χ0v) is 19.4. The highest BCUT2D eigenvalue weighted by molar-refractivity contribution is 8.14. The number of thioether (sulfide) groups is 1. The zero-order valence-electron chi connectivity index (χ0n) is 18.6. The number of benzene rings is 2. The number of amides is 1. The maximum absolute atomic E-state index is 12.6. The number of ether oxygens (including phenoxy) is 1. The quantitative estimate of drug-likeness (QED) is 0.555. The van der Waals surface area contributed by atoms with E-state index in [1.54, 1.807) is 7.11 Å². The molecule has 0 radical (unpaired) electrons. The fourth-order valence-electron chi connectivity index (χ4n) is 3.83. The van der Waals surface area contributed by atoms with Gasteiger partial charge in [-0.15, -0.1) is 0 Å². The van der Waals surface area contributed by atoms with E-state index >= 15 is 0 Å². The molecule has 0 aliphatic carbocycles. The van der Waals surface area contributed by atoms with Gasteiger partial charge >= 0.3 is 0 Å². The Bertz CT molecular complexity index is 1050. The fourth-order valence-corrected chi connectivity index (χ4v) is 4.68. The van der Waals surface area contributed by atoms with Crippen LogP contribution in [0, 0.1) is 25.2 Å². The number of rotatable bonds is 5. The molecule has 0 bridgehead atoms. The summed E-state index contributed by atoms with van der Waals surface area (Å²) in [7, 11) is 1.62. The van der Waals surface area contributed by atoms with Crippen molar-refractivity contribution in [3.63, 3.8) is 0 Å². The number of hydrogen-bond donors (Lipinski definition) is 4. The second-order valence-corrected chi connectivity index (χ2v) is 8.96. The van der Waals surface area contributed by atoms with Gasteiger partial charge in [-0.1, -0.05) is 17.8 Å². The Morgan fingerprint density at radius 3 is 2.62 bits per heavy atom. The lowest BCUT2D eigenvalue weighted by molar-refractivity contribution is -0.113.